The van der Waals surface area contributed by atoms with Gasteiger partial charge >= 0.3 is 63.3 Å². The summed E-state index contributed by atoms with van der Waals surface area (Å²) in [6, 6.07) is 30.4. The summed E-state index contributed by atoms with van der Waals surface area (Å²) in [4.78, 5) is 70.6. The molecule has 3 saturated heterocycles. The number of nitrogens with two attached hydrogens (primary N) is 3. The molecule has 1 atom stereocenters. The second-order valence-corrected chi connectivity index (χ2v) is 21.0. The van der Waals surface area contributed by atoms with Crippen molar-refractivity contribution in [2.45, 2.75) is 73.0 Å². The predicted molar refractivity (Wildman–Crippen MR) is 353 cm³/mol. The summed E-state index contributed by atoms with van der Waals surface area (Å²) in [5.41, 5.74) is 20.9. The molecule has 492 valence electrons. The standard InChI is InChI=1S/C20H20N4O2S.C15H16N2O2S.C7H13NO.C6H5N3O.C6H9N3O.C5H5ClN2O.C3H4N2.CN.K.Ni/c1-26-19-9-10-22-18(24-19)8-7-17(25)20-16(21)11-15(12-23-20)27-13-14-5-3-2-4-6-14;1-2-19-15(18)14-13(16)8-12(9-17-14)20-10-11-6-4-3-5-7-11;9-7-5-8-3-1-6(7)2-4-8;1-7-6-8-4-3-5(9-6)10-2;1-10-6-2-3-8-5(4-7)9-6;1-9-4-2-3-7-5(6)8-4;1-2-4-5-3-1;1-2;;/h2-6,9-12H,7-8,13,21H2,1H3;3-9H,2,10,16H2,1H3;6-7,9H,1-5H2;3-4H,2H3;2-3H,4,7H2,1H3;2-3H,1H3;2-3H,1H2;;;/q;;;;;;;-1;+1;. The van der Waals surface area contributed by atoms with Crippen LogP contribution in [0.15, 0.2) is 154 Å². The van der Waals surface area contributed by atoms with Crippen LogP contribution in [0, 0.1) is 24.3 Å². The van der Waals surface area contributed by atoms with Gasteiger partial charge in [0.1, 0.15) is 17.3 Å². The number of nitrogens with zero attached hydrogens (tertiary/aromatic N) is 15. The molecule has 0 spiro atoms. The van der Waals surface area contributed by atoms with Crippen molar-refractivity contribution in [1.29, 1.82) is 5.26 Å². The van der Waals surface area contributed by atoms with Crippen molar-refractivity contribution in [2.24, 2.45) is 21.9 Å². The number of piperidine rings is 3. The minimum absolute atomic E-state index is 0. The van der Waals surface area contributed by atoms with Crippen molar-refractivity contribution >= 4 is 76.6 Å². The third-order valence-electron chi connectivity index (χ3n) is 12.3. The number of methoxy groups -OCH3 is 4. The van der Waals surface area contributed by atoms with Gasteiger partial charge in [-0.2, -0.15) is 30.1 Å². The summed E-state index contributed by atoms with van der Waals surface area (Å²) >= 11 is 8.68. The van der Waals surface area contributed by atoms with Gasteiger partial charge in [-0.3, -0.25) is 4.79 Å². The predicted octanol–water partition coefficient (Wildman–Crippen LogP) is 6.44. The van der Waals surface area contributed by atoms with Crippen LogP contribution in [0.2, 0.25) is 5.28 Å². The first-order valence-corrected chi connectivity index (χ1v) is 30.5. The number of ether oxygens (including phenoxy) is 5. The fourth-order valence-corrected chi connectivity index (χ4v) is 9.69. The molecule has 94 heavy (non-hydrogen) atoms. The number of nitrogen functional groups attached to an aromatic ring is 2. The Labute approximate surface area is 613 Å². The molecule has 3 fully saturated rings. The van der Waals surface area contributed by atoms with Gasteiger partial charge in [0.15, 0.2) is 11.5 Å². The number of esters is 1. The van der Waals surface area contributed by atoms with Crippen molar-refractivity contribution in [1.82, 2.24) is 54.7 Å². The number of halogens is 1. The Balaban J connectivity index is 0.000000394. The van der Waals surface area contributed by atoms with Gasteiger partial charge < -0.3 is 67.6 Å². The number of fused-ring (bicyclic) bond motifs is 3. The van der Waals surface area contributed by atoms with E-state index in [2.05, 4.69) is 94.1 Å². The molecular formula is C63H72ClKN18NiO8S2. The van der Waals surface area contributed by atoms with Crippen molar-refractivity contribution in [3.05, 3.63) is 192 Å². The summed E-state index contributed by atoms with van der Waals surface area (Å²) in [5.74, 6) is 4.87. The Morgan fingerprint density at radius 2 is 1.15 bits per heavy atom. The fourth-order valence-electron chi connectivity index (χ4n) is 7.82. The molecule has 1 unspecified atom stereocenters. The van der Waals surface area contributed by atoms with E-state index in [1.165, 1.54) is 63.7 Å². The van der Waals surface area contributed by atoms with E-state index in [4.69, 9.17) is 70.9 Å². The Kier molecular flexibility index (Phi) is 42.9. The number of thioether (sulfide) groups is 2. The van der Waals surface area contributed by atoms with Gasteiger partial charge in [-0.1, -0.05) is 60.7 Å². The number of aliphatic hydroxyl groups is 1. The van der Waals surface area contributed by atoms with Crippen LogP contribution < -0.4 is 87.5 Å². The quantitative estimate of drug-likeness (QED) is 0.0190. The molecular weight excluding hydrogens is 1330 g/mol. The van der Waals surface area contributed by atoms with Gasteiger partial charge in [0.25, 0.3) is 5.88 Å². The number of Topliss-reactive ketones (excluding diaryl/α,β-unsaturated/α-hetero) is 1. The Morgan fingerprint density at radius 1 is 0.681 bits per heavy atom. The average Bonchev–Trinajstić information content (AvgIpc) is 0.966. The number of rotatable bonds is 17. The van der Waals surface area contributed by atoms with E-state index in [-0.39, 0.29) is 103 Å². The number of anilines is 2. The number of benzene rings is 2. The first-order valence-electron chi connectivity index (χ1n) is 28.2. The molecule has 4 aliphatic rings. The van der Waals surface area contributed by atoms with E-state index in [1.807, 2.05) is 36.4 Å². The maximum Gasteiger partial charge on any atom is 1.00 e. The van der Waals surface area contributed by atoms with Crippen LogP contribution in [0.1, 0.15) is 76.4 Å². The zero-order chi connectivity index (χ0) is 66.7. The van der Waals surface area contributed by atoms with E-state index < -0.39 is 5.97 Å². The molecule has 2 bridgehead atoms. The average molecular weight is 1410 g/mol. The first kappa shape index (κ1) is 82.4. The summed E-state index contributed by atoms with van der Waals surface area (Å²) in [5, 5.41) is 22.9. The largest absolute Gasteiger partial charge is 1.00 e. The maximum absolute atomic E-state index is 12.4. The van der Waals surface area contributed by atoms with Gasteiger partial charge in [-0.05, 0) is 73.6 Å². The number of hydrogen-bond donors (Lipinski definition) is 4. The van der Waals surface area contributed by atoms with Crippen LogP contribution in [0.4, 0.5) is 17.3 Å². The molecule has 26 nitrogen and oxygen atoms in total. The molecule has 31 heteroatoms. The summed E-state index contributed by atoms with van der Waals surface area (Å²) in [7, 11) is 6.12. The van der Waals surface area contributed by atoms with Crippen molar-refractivity contribution in [3.8, 4) is 23.5 Å². The van der Waals surface area contributed by atoms with Crippen molar-refractivity contribution < 1.29 is 106 Å². The summed E-state index contributed by atoms with van der Waals surface area (Å²) in [6.07, 6.45) is 17.1. The zero-order valence-electron chi connectivity index (χ0n) is 52.8. The monoisotopic (exact) mass is 1400 g/mol. The molecule has 8 aromatic rings. The molecule has 6 aromatic heterocycles. The van der Waals surface area contributed by atoms with Gasteiger partial charge in [0.05, 0.1) is 65.3 Å². The number of hydrogen-bond acceptors (Lipinski definition) is 27. The smallest absolute Gasteiger partial charge is 0.512 e. The van der Waals surface area contributed by atoms with E-state index in [0.717, 1.165) is 34.3 Å². The number of aliphatic hydroxyl groups excluding tert-OH is 1. The van der Waals surface area contributed by atoms with Crippen LogP contribution in [0.3, 0.4) is 0 Å². The number of aryl methyl sites for hydroxylation is 1. The van der Waals surface area contributed by atoms with Gasteiger partial charge in [-0.15, -0.1) is 35.1 Å². The van der Waals surface area contributed by atoms with Gasteiger partial charge in [0.2, 0.25) is 22.9 Å². The topological polar surface area (TPSA) is 364 Å². The molecule has 10 heterocycles. The fraction of sp³-hybridized carbons (Fsp3) is 0.302. The van der Waals surface area contributed by atoms with Crippen molar-refractivity contribution in [2.75, 3.05) is 66.1 Å². The van der Waals surface area contributed by atoms with Crippen LogP contribution >= 0.6 is 35.1 Å². The second-order valence-electron chi connectivity index (χ2n) is 18.6. The van der Waals surface area contributed by atoms with Crippen LogP contribution in [0.25, 0.3) is 4.85 Å². The molecule has 0 amide bonds. The molecule has 0 aliphatic carbocycles. The third kappa shape index (κ3) is 32.0. The van der Waals surface area contributed by atoms with E-state index in [0.29, 0.717) is 77.7 Å². The third-order valence-corrected chi connectivity index (χ3v) is 14.6. The summed E-state index contributed by atoms with van der Waals surface area (Å²) < 4.78 is 24.3. The number of pyridine rings is 2. The number of aromatic nitrogens is 10. The summed E-state index contributed by atoms with van der Waals surface area (Å²) in [6.45, 7) is 17.1. The Morgan fingerprint density at radius 3 is 1.55 bits per heavy atom. The number of carbonyl (C=O) groups excluding carboxylic acids is 2. The van der Waals surface area contributed by atoms with Crippen LogP contribution in [-0.4, -0.2) is 145 Å². The normalized spacial score (nSPS) is 13.7. The minimum atomic E-state index is -0.482. The van der Waals surface area contributed by atoms with E-state index in [9.17, 15) is 14.7 Å². The molecule has 12 rings (SSSR count). The molecule has 0 saturated carbocycles. The molecule has 0 radical (unpaired) electrons. The Hall–Kier alpha value is -7.68. The number of carbonyl (C=O) groups is 2. The number of ketones is 1. The second kappa shape index (κ2) is 49.0. The van der Waals surface area contributed by atoms with Crippen LogP contribution in [-0.2, 0) is 45.7 Å². The first-order chi connectivity index (χ1) is 44.8. The van der Waals surface area contributed by atoms with Gasteiger partial charge in [0, 0.05) is 131 Å². The molecule has 4 aliphatic heterocycles. The minimum Gasteiger partial charge on any atom is -0.512 e. The van der Waals surface area contributed by atoms with E-state index >= 15 is 0 Å². The SMILES string of the molecule is C1=NN=CC1.CCOC(=O)c1ncc(SCc2ccccc2)cc1N.COc1ccnc(CCC(=O)c2ncc(SCc3ccccc3)cc2N)n1.COc1ccnc(CN)n1.COc1ccnc(Cl)n1.OC1CN2CCC1CC2.[C-]#N.[C-]#[N+]c1nccc(OC)n1.[K+].[Ni]. The zero-order valence-corrected chi connectivity index (χ0v) is 59.3. The molecule has 2 aromatic carbocycles. The van der Waals surface area contributed by atoms with E-state index in [1.54, 1.807) is 118 Å². The van der Waals surface area contributed by atoms with Gasteiger partial charge in [-0.25, -0.2) is 29.7 Å². The van der Waals surface area contributed by atoms with Crippen LogP contribution in [0.5, 0.6) is 23.5 Å². The van der Waals surface area contributed by atoms with Crippen molar-refractivity contribution in [3.63, 3.8) is 0 Å². The molecule has 7 N–H and O–H groups in total. The Bertz CT molecular complexity index is 3580. The maximum atomic E-state index is 12.4.